The van der Waals surface area contributed by atoms with Gasteiger partial charge in [-0.2, -0.15) is 0 Å². The van der Waals surface area contributed by atoms with Gasteiger partial charge in [-0.1, -0.05) is 31.1 Å². The van der Waals surface area contributed by atoms with E-state index in [1.807, 2.05) is 0 Å². The molecule has 2 atom stereocenters. The average Bonchev–Trinajstić information content (AvgIpc) is 2.61. The third kappa shape index (κ3) is 2.18. The van der Waals surface area contributed by atoms with Gasteiger partial charge in [0.2, 0.25) is 5.13 Å². The monoisotopic (exact) mass is 197 g/mol. The second kappa shape index (κ2) is 4.05. The van der Waals surface area contributed by atoms with Crippen LogP contribution in [0.4, 0.5) is 5.13 Å². The zero-order chi connectivity index (χ0) is 9.10. The van der Waals surface area contributed by atoms with E-state index < -0.39 is 0 Å². The third-order valence-corrected chi connectivity index (χ3v) is 3.40. The van der Waals surface area contributed by atoms with E-state index in [0.29, 0.717) is 6.04 Å². The van der Waals surface area contributed by atoms with Crippen LogP contribution >= 0.6 is 11.3 Å². The standard InChI is InChI=1S/C9H15N3S/c1-7-4-2-3-5-8(7)11-9-12-10-6-13-9/h6-8H,2-5H2,1H3,(H,11,12). The van der Waals surface area contributed by atoms with Gasteiger partial charge in [0.15, 0.2) is 0 Å². The van der Waals surface area contributed by atoms with Gasteiger partial charge in [0, 0.05) is 6.04 Å². The Morgan fingerprint density at radius 3 is 3.00 bits per heavy atom. The maximum atomic E-state index is 4.00. The summed E-state index contributed by atoms with van der Waals surface area (Å²) in [5.41, 5.74) is 1.77. The molecule has 0 bridgehead atoms. The van der Waals surface area contributed by atoms with Crippen LogP contribution in [0.15, 0.2) is 5.51 Å². The van der Waals surface area contributed by atoms with Gasteiger partial charge in [-0.3, -0.25) is 0 Å². The summed E-state index contributed by atoms with van der Waals surface area (Å²) in [5, 5.41) is 12.2. The van der Waals surface area contributed by atoms with Gasteiger partial charge in [-0.25, -0.2) is 0 Å². The minimum absolute atomic E-state index is 0.613. The molecule has 0 amide bonds. The van der Waals surface area contributed by atoms with Crippen molar-refractivity contribution in [3.8, 4) is 0 Å². The Kier molecular flexibility index (Phi) is 2.78. The summed E-state index contributed by atoms with van der Waals surface area (Å²) < 4.78 is 0. The van der Waals surface area contributed by atoms with E-state index in [1.165, 1.54) is 25.7 Å². The second-order valence-electron chi connectivity index (χ2n) is 3.76. The lowest BCUT2D eigenvalue weighted by molar-refractivity contribution is 0.349. The minimum Gasteiger partial charge on any atom is -0.357 e. The van der Waals surface area contributed by atoms with E-state index >= 15 is 0 Å². The Morgan fingerprint density at radius 1 is 1.46 bits per heavy atom. The molecule has 0 aromatic carbocycles. The molecule has 1 heterocycles. The highest BCUT2D eigenvalue weighted by atomic mass is 32.1. The Balaban J connectivity index is 1.93. The van der Waals surface area contributed by atoms with Gasteiger partial charge in [-0.15, -0.1) is 10.2 Å². The van der Waals surface area contributed by atoms with Crippen LogP contribution in [0, 0.1) is 5.92 Å². The molecular formula is C9H15N3S. The number of anilines is 1. The predicted octanol–water partition coefficient (Wildman–Crippen LogP) is 2.53. The first-order valence-electron chi connectivity index (χ1n) is 4.89. The van der Waals surface area contributed by atoms with Crippen molar-refractivity contribution in [2.24, 2.45) is 5.92 Å². The van der Waals surface area contributed by atoms with Gasteiger partial charge in [0.25, 0.3) is 0 Å². The summed E-state index contributed by atoms with van der Waals surface area (Å²) >= 11 is 1.59. The summed E-state index contributed by atoms with van der Waals surface area (Å²) in [6, 6.07) is 0.613. The molecule has 0 radical (unpaired) electrons. The molecule has 0 saturated heterocycles. The van der Waals surface area contributed by atoms with Crippen LogP contribution in [0.25, 0.3) is 0 Å². The number of hydrogen-bond donors (Lipinski definition) is 1. The molecule has 2 rings (SSSR count). The van der Waals surface area contributed by atoms with Crippen molar-refractivity contribution in [2.45, 2.75) is 38.6 Å². The Hall–Kier alpha value is -0.640. The molecule has 0 aliphatic heterocycles. The Morgan fingerprint density at radius 2 is 2.31 bits per heavy atom. The second-order valence-corrected chi connectivity index (χ2v) is 4.59. The van der Waals surface area contributed by atoms with E-state index in [9.17, 15) is 0 Å². The van der Waals surface area contributed by atoms with E-state index in [-0.39, 0.29) is 0 Å². The smallest absolute Gasteiger partial charge is 0.205 e. The van der Waals surface area contributed by atoms with E-state index in [1.54, 1.807) is 16.8 Å². The van der Waals surface area contributed by atoms with E-state index in [4.69, 9.17) is 0 Å². The molecule has 13 heavy (non-hydrogen) atoms. The van der Waals surface area contributed by atoms with E-state index in [0.717, 1.165) is 11.0 Å². The normalized spacial score (nSPS) is 28.7. The van der Waals surface area contributed by atoms with Gasteiger partial charge >= 0.3 is 0 Å². The quantitative estimate of drug-likeness (QED) is 0.791. The Labute approximate surface area is 82.6 Å². The molecule has 1 saturated carbocycles. The van der Waals surface area contributed by atoms with Crippen molar-refractivity contribution in [2.75, 3.05) is 5.32 Å². The first-order chi connectivity index (χ1) is 6.36. The highest BCUT2D eigenvalue weighted by Gasteiger charge is 2.21. The molecule has 1 aliphatic rings. The molecule has 3 nitrogen and oxygen atoms in total. The van der Waals surface area contributed by atoms with Gasteiger partial charge in [-0.05, 0) is 18.8 Å². The molecule has 1 aliphatic carbocycles. The molecule has 72 valence electrons. The highest BCUT2D eigenvalue weighted by Crippen LogP contribution is 2.26. The van der Waals surface area contributed by atoms with Gasteiger partial charge < -0.3 is 5.32 Å². The van der Waals surface area contributed by atoms with Crippen molar-refractivity contribution in [1.29, 1.82) is 0 Å². The van der Waals surface area contributed by atoms with Gasteiger partial charge in [0.05, 0.1) is 0 Å². The van der Waals surface area contributed by atoms with Crippen LogP contribution in [0.1, 0.15) is 32.6 Å². The fraction of sp³-hybridized carbons (Fsp3) is 0.778. The van der Waals surface area contributed by atoms with Crippen LogP contribution in [0.2, 0.25) is 0 Å². The number of aromatic nitrogens is 2. The van der Waals surface area contributed by atoms with E-state index in [2.05, 4.69) is 22.4 Å². The lowest BCUT2D eigenvalue weighted by Crippen LogP contribution is -2.30. The molecule has 2 unspecified atom stereocenters. The highest BCUT2D eigenvalue weighted by molar-refractivity contribution is 7.13. The topological polar surface area (TPSA) is 37.8 Å². The summed E-state index contributed by atoms with van der Waals surface area (Å²) in [6.45, 7) is 2.32. The number of nitrogens with zero attached hydrogens (tertiary/aromatic N) is 2. The van der Waals surface area contributed by atoms with Crippen LogP contribution in [-0.4, -0.2) is 16.2 Å². The zero-order valence-electron chi connectivity index (χ0n) is 7.86. The summed E-state index contributed by atoms with van der Waals surface area (Å²) in [5.74, 6) is 0.776. The van der Waals surface area contributed by atoms with Crippen molar-refractivity contribution < 1.29 is 0 Å². The zero-order valence-corrected chi connectivity index (χ0v) is 8.68. The third-order valence-electron chi connectivity index (χ3n) is 2.78. The summed E-state index contributed by atoms with van der Waals surface area (Å²) in [4.78, 5) is 0. The summed E-state index contributed by atoms with van der Waals surface area (Å²) in [6.07, 6.45) is 5.35. The SMILES string of the molecule is CC1CCCCC1Nc1nncs1. The van der Waals surface area contributed by atoms with Crippen molar-refractivity contribution >= 4 is 16.5 Å². The fourth-order valence-corrected chi connectivity index (χ4v) is 2.43. The number of nitrogens with one attached hydrogen (secondary N) is 1. The molecule has 1 aromatic rings. The minimum atomic E-state index is 0.613. The van der Waals surface area contributed by atoms with Crippen molar-refractivity contribution in [1.82, 2.24) is 10.2 Å². The van der Waals surface area contributed by atoms with Crippen LogP contribution < -0.4 is 5.32 Å². The molecule has 4 heteroatoms. The molecular weight excluding hydrogens is 182 g/mol. The predicted molar refractivity (Wildman–Crippen MR) is 55.0 cm³/mol. The largest absolute Gasteiger partial charge is 0.357 e. The molecule has 0 spiro atoms. The first-order valence-corrected chi connectivity index (χ1v) is 5.77. The van der Waals surface area contributed by atoms with Crippen molar-refractivity contribution in [3.63, 3.8) is 0 Å². The average molecular weight is 197 g/mol. The number of rotatable bonds is 2. The maximum absolute atomic E-state index is 4.00. The van der Waals surface area contributed by atoms with Crippen LogP contribution in [0.5, 0.6) is 0 Å². The molecule has 1 N–H and O–H groups in total. The number of hydrogen-bond acceptors (Lipinski definition) is 4. The first kappa shape index (κ1) is 8.94. The van der Waals surface area contributed by atoms with Crippen LogP contribution in [0.3, 0.4) is 0 Å². The molecule has 1 fully saturated rings. The van der Waals surface area contributed by atoms with Crippen molar-refractivity contribution in [3.05, 3.63) is 5.51 Å². The lowest BCUT2D eigenvalue weighted by atomic mass is 9.86. The molecule has 1 aromatic heterocycles. The van der Waals surface area contributed by atoms with Gasteiger partial charge in [0.1, 0.15) is 5.51 Å². The lowest BCUT2D eigenvalue weighted by Gasteiger charge is -2.28. The Bertz CT molecular complexity index is 247. The van der Waals surface area contributed by atoms with Crippen LogP contribution in [-0.2, 0) is 0 Å². The summed E-state index contributed by atoms with van der Waals surface area (Å²) in [7, 11) is 0. The maximum Gasteiger partial charge on any atom is 0.205 e. The fourth-order valence-electron chi connectivity index (χ4n) is 1.93.